The minimum atomic E-state index is -0.239. The number of halogens is 2. The van der Waals surface area contributed by atoms with Gasteiger partial charge in [-0.15, -0.1) is 0 Å². The third kappa shape index (κ3) is 3.36. The summed E-state index contributed by atoms with van der Waals surface area (Å²) in [6, 6.07) is 10.4. The van der Waals surface area contributed by atoms with Gasteiger partial charge in [0.05, 0.1) is 5.56 Å². The molecule has 0 bridgehead atoms. The summed E-state index contributed by atoms with van der Waals surface area (Å²) in [5.74, 6) is -0.0810. The van der Waals surface area contributed by atoms with Crippen LogP contribution in [0.4, 0.5) is 5.69 Å². The SMILES string of the molecule is Cc1ccc(NC(=O)c2cc(Br)ccc2Br)cc1O. The van der Waals surface area contributed by atoms with Crippen molar-refractivity contribution in [2.75, 3.05) is 5.32 Å². The Morgan fingerprint density at radius 1 is 1.16 bits per heavy atom. The van der Waals surface area contributed by atoms with Crippen LogP contribution in [0.2, 0.25) is 0 Å². The number of phenols is 1. The van der Waals surface area contributed by atoms with E-state index in [-0.39, 0.29) is 11.7 Å². The lowest BCUT2D eigenvalue weighted by molar-refractivity contribution is 0.102. The zero-order valence-electron chi connectivity index (χ0n) is 10.1. The summed E-state index contributed by atoms with van der Waals surface area (Å²) in [6.45, 7) is 1.80. The Morgan fingerprint density at radius 2 is 1.89 bits per heavy atom. The van der Waals surface area contributed by atoms with Gasteiger partial charge in [0.1, 0.15) is 5.75 Å². The molecule has 0 aliphatic carbocycles. The van der Waals surface area contributed by atoms with Gasteiger partial charge in [-0.1, -0.05) is 22.0 Å². The zero-order chi connectivity index (χ0) is 14.0. The van der Waals surface area contributed by atoms with E-state index in [1.807, 2.05) is 6.07 Å². The number of nitrogens with one attached hydrogen (secondary N) is 1. The molecule has 0 saturated carbocycles. The molecule has 0 saturated heterocycles. The summed E-state index contributed by atoms with van der Waals surface area (Å²) < 4.78 is 1.54. The number of hydrogen-bond donors (Lipinski definition) is 2. The van der Waals surface area contributed by atoms with Crippen LogP contribution in [0.1, 0.15) is 15.9 Å². The van der Waals surface area contributed by atoms with Crippen molar-refractivity contribution in [3.63, 3.8) is 0 Å². The largest absolute Gasteiger partial charge is 0.508 e. The summed E-state index contributed by atoms with van der Waals surface area (Å²) in [6.07, 6.45) is 0. The van der Waals surface area contributed by atoms with Crippen molar-refractivity contribution in [3.05, 3.63) is 56.5 Å². The maximum Gasteiger partial charge on any atom is 0.256 e. The molecule has 2 N–H and O–H groups in total. The first kappa shape index (κ1) is 14.1. The number of anilines is 1. The smallest absolute Gasteiger partial charge is 0.256 e. The molecule has 0 heterocycles. The number of aromatic hydroxyl groups is 1. The van der Waals surface area contributed by atoms with Gasteiger partial charge in [-0.3, -0.25) is 4.79 Å². The molecule has 5 heteroatoms. The fraction of sp³-hybridized carbons (Fsp3) is 0.0714. The van der Waals surface area contributed by atoms with Crippen LogP contribution in [0.5, 0.6) is 5.75 Å². The molecule has 3 nitrogen and oxygen atoms in total. The van der Waals surface area contributed by atoms with Crippen LogP contribution in [0.15, 0.2) is 45.3 Å². The number of benzene rings is 2. The highest BCUT2D eigenvalue weighted by Crippen LogP contribution is 2.24. The number of hydrogen-bond acceptors (Lipinski definition) is 2. The molecular formula is C14H11Br2NO2. The highest BCUT2D eigenvalue weighted by Gasteiger charge is 2.11. The summed E-state index contributed by atoms with van der Waals surface area (Å²) in [5, 5.41) is 12.4. The average Bonchev–Trinajstić information content (AvgIpc) is 2.36. The van der Waals surface area contributed by atoms with Crippen molar-refractivity contribution in [1.29, 1.82) is 0 Å². The van der Waals surface area contributed by atoms with E-state index in [0.717, 1.165) is 10.0 Å². The molecule has 1 amide bonds. The number of phenolic OH excluding ortho intramolecular Hbond substituents is 1. The van der Waals surface area contributed by atoms with E-state index in [1.165, 1.54) is 6.07 Å². The minimum Gasteiger partial charge on any atom is -0.508 e. The van der Waals surface area contributed by atoms with Crippen molar-refractivity contribution in [2.45, 2.75) is 6.92 Å². The first-order valence-electron chi connectivity index (χ1n) is 5.53. The molecule has 2 aromatic carbocycles. The van der Waals surface area contributed by atoms with Crippen molar-refractivity contribution < 1.29 is 9.90 Å². The second kappa shape index (κ2) is 5.75. The molecule has 0 atom stereocenters. The molecule has 0 unspecified atom stereocenters. The number of aryl methyl sites for hydroxylation is 1. The van der Waals surface area contributed by atoms with E-state index >= 15 is 0 Å². The molecule has 0 fully saturated rings. The highest BCUT2D eigenvalue weighted by molar-refractivity contribution is 9.11. The van der Waals surface area contributed by atoms with E-state index in [4.69, 9.17) is 0 Å². The lowest BCUT2D eigenvalue weighted by Crippen LogP contribution is -2.12. The lowest BCUT2D eigenvalue weighted by atomic mass is 10.2. The number of carbonyl (C=O) groups excluding carboxylic acids is 1. The van der Waals surface area contributed by atoms with Gasteiger partial charge >= 0.3 is 0 Å². The van der Waals surface area contributed by atoms with Crippen LogP contribution in [-0.4, -0.2) is 11.0 Å². The number of amides is 1. The molecular weight excluding hydrogens is 374 g/mol. The average molecular weight is 385 g/mol. The maximum atomic E-state index is 12.1. The van der Waals surface area contributed by atoms with Crippen molar-refractivity contribution in [3.8, 4) is 5.75 Å². The van der Waals surface area contributed by atoms with Gasteiger partial charge in [0.15, 0.2) is 0 Å². The Kier molecular flexibility index (Phi) is 4.27. The fourth-order valence-electron chi connectivity index (χ4n) is 1.56. The number of carbonyl (C=O) groups is 1. The predicted molar refractivity (Wildman–Crippen MR) is 82.6 cm³/mol. The summed E-state index contributed by atoms with van der Waals surface area (Å²) in [7, 11) is 0. The standard InChI is InChI=1S/C14H11Br2NO2/c1-8-2-4-10(7-13(8)18)17-14(19)11-6-9(15)3-5-12(11)16/h2-7,18H,1H3,(H,17,19). The van der Waals surface area contributed by atoms with Gasteiger partial charge < -0.3 is 10.4 Å². The molecule has 0 spiro atoms. The van der Waals surface area contributed by atoms with E-state index in [2.05, 4.69) is 37.2 Å². The van der Waals surface area contributed by atoms with Crippen molar-refractivity contribution in [2.24, 2.45) is 0 Å². The Hall–Kier alpha value is -1.33. The summed E-state index contributed by atoms with van der Waals surface area (Å²) in [5.41, 5.74) is 1.84. The van der Waals surface area contributed by atoms with Crippen molar-refractivity contribution in [1.82, 2.24) is 0 Å². The van der Waals surface area contributed by atoms with E-state index in [0.29, 0.717) is 15.7 Å². The van der Waals surface area contributed by atoms with Gasteiger partial charge in [-0.25, -0.2) is 0 Å². The van der Waals surface area contributed by atoms with E-state index < -0.39 is 0 Å². The molecule has 2 rings (SSSR count). The molecule has 0 aromatic heterocycles. The first-order chi connectivity index (χ1) is 8.97. The Labute approximate surface area is 127 Å². The predicted octanol–water partition coefficient (Wildman–Crippen LogP) is 4.48. The Morgan fingerprint density at radius 3 is 2.58 bits per heavy atom. The van der Waals surface area contributed by atoms with Crippen LogP contribution in [0, 0.1) is 6.92 Å². The molecule has 19 heavy (non-hydrogen) atoms. The molecule has 2 aromatic rings. The summed E-state index contributed by atoms with van der Waals surface area (Å²) >= 11 is 6.67. The second-order valence-electron chi connectivity index (χ2n) is 4.08. The Bertz CT molecular complexity index is 641. The normalized spacial score (nSPS) is 10.3. The van der Waals surface area contributed by atoms with Gasteiger partial charge in [-0.2, -0.15) is 0 Å². The fourth-order valence-corrected chi connectivity index (χ4v) is 2.34. The Balaban J connectivity index is 2.25. The third-order valence-corrected chi connectivity index (χ3v) is 3.82. The molecule has 0 aliphatic heterocycles. The van der Waals surface area contributed by atoms with Crippen LogP contribution in [-0.2, 0) is 0 Å². The minimum absolute atomic E-state index is 0.158. The van der Waals surface area contributed by atoms with Gasteiger partial charge in [0.25, 0.3) is 5.91 Å². The topological polar surface area (TPSA) is 49.3 Å². The molecule has 0 aliphatic rings. The summed E-state index contributed by atoms with van der Waals surface area (Å²) in [4.78, 5) is 12.1. The van der Waals surface area contributed by atoms with Crippen LogP contribution in [0.25, 0.3) is 0 Å². The van der Waals surface area contributed by atoms with E-state index in [1.54, 1.807) is 31.2 Å². The van der Waals surface area contributed by atoms with E-state index in [9.17, 15) is 9.90 Å². The van der Waals surface area contributed by atoms with Crippen LogP contribution < -0.4 is 5.32 Å². The zero-order valence-corrected chi connectivity index (χ0v) is 13.2. The highest BCUT2D eigenvalue weighted by atomic mass is 79.9. The van der Waals surface area contributed by atoms with Crippen LogP contribution >= 0.6 is 31.9 Å². The lowest BCUT2D eigenvalue weighted by Gasteiger charge is -2.08. The van der Waals surface area contributed by atoms with Crippen molar-refractivity contribution >= 4 is 43.5 Å². The quantitative estimate of drug-likeness (QED) is 0.801. The molecule has 98 valence electrons. The van der Waals surface area contributed by atoms with Crippen LogP contribution in [0.3, 0.4) is 0 Å². The van der Waals surface area contributed by atoms with Gasteiger partial charge in [0, 0.05) is 20.7 Å². The molecule has 0 radical (unpaired) electrons. The van der Waals surface area contributed by atoms with Gasteiger partial charge in [-0.05, 0) is 52.7 Å². The monoisotopic (exact) mass is 383 g/mol. The first-order valence-corrected chi connectivity index (χ1v) is 7.12. The maximum absolute atomic E-state index is 12.1. The van der Waals surface area contributed by atoms with Gasteiger partial charge in [0.2, 0.25) is 0 Å². The second-order valence-corrected chi connectivity index (χ2v) is 5.85. The third-order valence-electron chi connectivity index (χ3n) is 2.64. The number of rotatable bonds is 2.